The standard InChI is InChI=1S/C19H24O4/c1-14(20)16-4-8-18(9-5-16)22-12-3-13-23-19-10-6-17(7-11-19)15(2)21/h4-11,14-15,20-21H,3,12-13H2,1-2H3. The fourth-order valence-corrected chi connectivity index (χ4v) is 2.12. The Bertz CT molecular complexity index is 520. The maximum atomic E-state index is 9.45. The third-order valence-corrected chi connectivity index (χ3v) is 3.55. The maximum Gasteiger partial charge on any atom is 0.119 e. The third-order valence-electron chi connectivity index (χ3n) is 3.55. The summed E-state index contributed by atoms with van der Waals surface area (Å²) in [6.07, 6.45) is -0.147. The summed E-state index contributed by atoms with van der Waals surface area (Å²) in [5.41, 5.74) is 1.75. The first kappa shape index (κ1) is 17.3. The molecule has 0 amide bonds. The lowest BCUT2D eigenvalue weighted by molar-refractivity contribution is 0.199. The van der Waals surface area contributed by atoms with Crippen LogP contribution in [0, 0.1) is 0 Å². The minimum Gasteiger partial charge on any atom is -0.493 e. The summed E-state index contributed by atoms with van der Waals surface area (Å²) in [6, 6.07) is 14.9. The van der Waals surface area contributed by atoms with Crippen molar-refractivity contribution in [2.75, 3.05) is 13.2 Å². The van der Waals surface area contributed by atoms with Gasteiger partial charge in [0.2, 0.25) is 0 Å². The van der Waals surface area contributed by atoms with E-state index in [4.69, 9.17) is 9.47 Å². The summed E-state index contributed by atoms with van der Waals surface area (Å²) in [6.45, 7) is 4.61. The molecule has 0 aliphatic heterocycles. The number of hydrogen-bond donors (Lipinski definition) is 2. The number of aliphatic hydroxyl groups is 2. The molecule has 0 saturated heterocycles. The van der Waals surface area contributed by atoms with Crippen LogP contribution < -0.4 is 9.47 Å². The van der Waals surface area contributed by atoms with Crippen LogP contribution >= 0.6 is 0 Å². The van der Waals surface area contributed by atoms with Gasteiger partial charge in [0.1, 0.15) is 11.5 Å². The summed E-state index contributed by atoms with van der Waals surface area (Å²) in [7, 11) is 0. The first-order chi connectivity index (χ1) is 11.1. The van der Waals surface area contributed by atoms with Gasteiger partial charge in [-0.05, 0) is 49.2 Å². The van der Waals surface area contributed by atoms with E-state index in [1.165, 1.54) is 0 Å². The van der Waals surface area contributed by atoms with Gasteiger partial charge in [0.25, 0.3) is 0 Å². The molecule has 0 saturated carbocycles. The van der Waals surface area contributed by atoms with Crippen LogP contribution in [-0.4, -0.2) is 23.4 Å². The molecule has 0 bridgehead atoms. The minimum absolute atomic E-state index is 0.461. The molecule has 0 aliphatic rings. The van der Waals surface area contributed by atoms with Crippen molar-refractivity contribution >= 4 is 0 Å². The Kier molecular flexibility index (Phi) is 6.44. The molecule has 2 unspecified atom stereocenters. The zero-order chi connectivity index (χ0) is 16.7. The Hall–Kier alpha value is -2.04. The van der Waals surface area contributed by atoms with Crippen molar-refractivity contribution in [3.8, 4) is 11.5 Å². The first-order valence-electron chi connectivity index (χ1n) is 7.88. The normalized spacial score (nSPS) is 13.4. The van der Waals surface area contributed by atoms with Gasteiger partial charge in [-0.1, -0.05) is 24.3 Å². The molecule has 0 fully saturated rings. The Morgan fingerprint density at radius 2 is 1.04 bits per heavy atom. The highest BCUT2D eigenvalue weighted by atomic mass is 16.5. The van der Waals surface area contributed by atoms with Crippen LogP contribution in [0.3, 0.4) is 0 Å². The third kappa shape index (κ3) is 5.58. The van der Waals surface area contributed by atoms with Gasteiger partial charge in [0.05, 0.1) is 25.4 Å². The molecule has 23 heavy (non-hydrogen) atoms. The highest BCUT2D eigenvalue weighted by Crippen LogP contribution is 2.18. The molecular weight excluding hydrogens is 292 g/mol. The largest absolute Gasteiger partial charge is 0.493 e. The van der Waals surface area contributed by atoms with Crippen LogP contribution in [0.25, 0.3) is 0 Å². The first-order valence-corrected chi connectivity index (χ1v) is 7.88. The SMILES string of the molecule is CC(O)c1ccc(OCCCOc2ccc(C(C)O)cc2)cc1. The van der Waals surface area contributed by atoms with Crippen LogP contribution in [0.2, 0.25) is 0 Å². The maximum absolute atomic E-state index is 9.45. The Balaban J connectivity index is 1.67. The lowest BCUT2D eigenvalue weighted by atomic mass is 10.1. The van der Waals surface area contributed by atoms with Crippen LogP contribution in [-0.2, 0) is 0 Å². The molecule has 0 aliphatic carbocycles. The summed E-state index contributed by atoms with van der Waals surface area (Å²) >= 11 is 0. The summed E-state index contributed by atoms with van der Waals surface area (Å²) in [5, 5.41) is 18.9. The lowest BCUT2D eigenvalue weighted by Crippen LogP contribution is -2.05. The molecule has 4 heteroatoms. The van der Waals surface area contributed by atoms with E-state index in [0.717, 1.165) is 29.0 Å². The van der Waals surface area contributed by atoms with Gasteiger partial charge in [-0.25, -0.2) is 0 Å². The van der Waals surface area contributed by atoms with E-state index in [0.29, 0.717) is 13.2 Å². The second-order valence-corrected chi connectivity index (χ2v) is 5.54. The van der Waals surface area contributed by atoms with E-state index < -0.39 is 12.2 Å². The van der Waals surface area contributed by atoms with E-state index in [2.05, 4.69) is 0 Å². The van der Waals surface area contributed by atoms with E-state index in [1.807, 2.05) is 48.5 Å². The zero-order valence-corrected chi connectivity index (χ0v) is 13.6. The molecule has 2 N–H and O–H groups in total. The predicted octanol–water partition coefficient (Wildman–Crippen LogP) is 3.64. The van der Waals surface area contributed by atoms with Gasteiger partial charge in [0.15, 0.2) is 0 Å². The average Bonchev–Trinajstić information content (AvgIpc) is 2.55. The molecule has 2 aromatic carbocycles. The minimum atomic E-state index is -0.461. The van der Waals surface area contributed by atoms with E-state index in [1.54, 1.807) is 13.8 Å². The van der Waals surface area contributed by atoms with Crippen molar-refractivity contribution in [3.05, 3.63) is 59.7 Å². The highest BCUT2D eigenvalue weighted by molar-refractivity contribution is 5.29. The topological polar surface area (TPSA) is 58.9 Å². The molecule has 0 heterocycles. The number of ether oxygens (including phenoxy) is 2. The number of aliphatic hydroxyl groups excluding tert-OH is 2. The van der Waals surface area contributed by atoms with Crippen LogP contribution in [0.15, 0.2) is 48.5 Å². The summed E-state index contributed by atoms with van der Waals surface area (Å²) in [4.78, 5) is 0. The number of rotatable bonds is 8. The Morgan fingerprint density at radius 3 is 1.35 bits per heavy atom. The second kappa shape index (κ2) is 8.56. The summed E-state index contributed by atoms with van der Waals surface area (Å²) < 4.78 is 11.3. The Morgan fingerprint density at radius 1 is 0.696 bits per heavy atom. The van der Waals surface area contributed by atoms with Gasteiger partial charge in [0, 0.05) is 6.42 Å². The quantitative estimate of drug-likeness (QED) is 0.730. The summed E-state index contributed by atoms with van der Waals surface area (Å²) in [5.74, 6) is 1.58. The van der Waals surface area contributed by atoms with Crippen molar-refractivity contribution < 1.29 is 19.7 Å². The van der Waals surface area contributed by atoms with Crippen LogP contribution in [0.1, 0.15) is 43.6 Å². The predicted molar refractivity (Wildman–Crippen MR) is 89.8 cm³/mol. The molecule has 2 atom stereocenters. The van der Waals surface area contributed by atoms with Crippen molar-refractivity contribution in [1.29, 1.82) is 0 Å². The van der Waals surface area contributed by atoms with Crippen LogP contribution in [0.5, 0.6) is 11.5 Å². The lowest BCUT2D eigenvalue weighted by Gasteiger charge is -2.10. The van der Waals surface area contributed by atoms with Crippen molar-refractivity contribution in [1.82, 2.24) is 0 Å². The second-order valence-electron chi connectivity index (χ2n) is 5.54. The Labute approximate surface area is 137 Å². The zero-order valence-electron chi connectivity index (χ0n) is 13.6. The molecule has 0 aromatic heterocycles. The molecular formula is C19H24O4. The highest BCUT2D eigenvalue weighted by Gasteiger charge is 2.02. The number of hydrogen-bond acceptors (Lipinski definition) is 4. The van der Waals surface area contributed by atoms with Crippen molar-refractivity contribution in [2.24, 2.45) is 0 Å². The van der Waals surface area contributed by atoms with Gasteiger partial charge in [-0.3, -0.25) is 0 Å². The van der Waals surface area contributed by atoms with Crippen molar-refractivity contribution in [3.63, 3.8) is 0 Å². The molecule has 0 spiro atoms. The van der Waals surface area contributed by atoms with E-state index in [-0.39, 0.29) is 0 Å². The molecule has 4 nitrogen and oxygen atoms in total. The molecule has 0 radical (unpaired) electrons. The molecule has 124 valence electrons. The van der Waals surface area contributed by atoms with Gasteiger partial charge < -0.3 is 19.7 Å². The smallest absolute Gasteiger partial charge is 0.119 e. The average molecular weight is 316 g/mol. The van der Waals surface area contributed by atoms with Crippen molar-refractivity contribution in [2.45, 2.75) is 32.5 Å². The van der Waals surface area contributed by atoms with Gasteiger partial charge in [-0.15, -0.1) is 0 Å². The fourth-order valence-electron chi connectivity index (χ4n) is 2.12. The fraction of sp³-hybridized carbons (Fsp3) is 0.368. The number of benzene rings is 2. The van der Waals surface area contributed by atoms with Crippen LogP contribution in [0.4, 0.5) is 0 Å². The monoisotopic (exact) mass is 316 g/mol. The molecule has 2 aromatic rings. The van der Waals surface area contributed by atoms with E-state index in [9.17, 15) is 10.2 Å². The van der Waals surface area contributed by atoms with Gasteiger partial charge in [-0.2, -0.15) is 0 Å². The molecule has 2 rings (SSSR count). The van der Waals surface area contributed by atoms with Gasteiger partial charge >= 0.3 is 0 Å². The van der Waals surface area contributed by atoms with E-state index >= 15 is 0 Å².